The number of fused-ring (bicyclic) bond motifs is 1. The number of aromatic nitrogens is 2. The maximum absolute atomic E-state index is 13.1. The first-order valence-electron chi connectivity index (χ1n) is 6.93. The molecule has 23 heavy (non-hydrogen) atoms. The van der Waals surface area contributed by atoms with E-state index in [4.69, 9.17) is 9.15 Å². The zero-order valence-corrected chi connectivity index (χ0v) is 12.6. The molecule has 0 spiro atoms. The van der Waals surface area contributed by atoms with Gasteiger partial charge in [0.1, 0.15) is 23.3 Å². The lowest BCUT2D eigenvalue weighted by Crippen LogP contribution is -2.20. The molecule has 2 heterocycles. The molecule has 3 aromatic rings. The van der Waals surface area contributed by atoms with Gasteiger partial charge >= 0.3 is 0 Å². The van der Waals surface area contributed by atoms with Gasteiger partial charge in [-0.1, -0.05) is 6.07 Å². The summed E-state index contributed by atoms with van der Waals surface area (Å²) in [6, 6.07) is 5.63. The number of aryl methyl sites for hydroxylation is 2. The number of furan rings is 1. The number of anilines is 1. The van der Waals surface area contributed by atoms with Gasteiger partial charge < -0.3 is 14.5 Å². The topological polar surface area (TPSA) is 77.2 Å². The minimum atomic E-state index is -0.425. The van der Waals surface area contributed by atoms with Crippen LogP contribution in [0.15, 0.2) is 35.0 Å². The van der Waals surface area contributed by atoms with Gasteiger partial charge in [0.05, 0.1) is 0 Å². The number of benzene rings is 1. The van der Waals surface area contributed by atoms with Gasteiger partial charge in [-0.3, -0.25) is 4.79 Å². The maximum atomic E-state index is 13.1. The highest BCUT2D eigenvalue weighted by molar-refractivity contribution is 5.92. The standard InChI is InChI=1S/C16H14FN3O3/c1-9-10(2)23-16-14(9)15(18-8-19-16)22-7-13(21)20-12-5-3-4-11(17)6-12/h3-6,8H,7H2,1-2H3,(H,20,21). The van der Waals surface area contributed by atoms with Crippen LogP contribution in [-0.4, -0.2) is 22.5 Å². The summed E-state index contributed by atoms with van der Waals surface area (Å²) in [4.78, 5) is 20.0. The lowest BCUT2D eigenvalue weighted by Gasteiger charge is -2.07. The number of ether oxygens (including phenoxy) is 1. The SMILES string of the molecule is Cc1oc2ncnc(OCC(=O)Nc3cccc(F)c3)c2c1C. The Balaban J connectivity index is 1.72. The number of hydrogen-bond acceptors (Lipinski definition) is 5. The molecule has 0 bridgehead atoms. The first kappa shape index (κ1) is 15.0. The molecule has 7 heteroatoms. The van der Waals surface area contributed by atoms with Crippen LogP contribution in [0.2, 0.25) is 0 Å². The third-order valence-corrected chi connectivity index (χ3v) is 3.38. The molecule has 118 valence electrons. The molecule has 0 radical (unpaired) electrons. The summed E-state index contributed by atoms with van der Waals surface area (Å²) in [5.41, 5.74) is 1.64. The minimum absolute atomic E-state index is 0.258. The van der Waals surface area contributed by atoms with E-state index in [1.54, 1.807) is 6.07 Å². The van der Waals surface area contributed by atoms with E-state index in [0.29, 0.717) is 16.8 Å². The van der Waals surface area contributed by atoms with Crippen molar-refractivity contribution in [1.82, 2.24) is 9.97 Å². The number of amides is 1. The Morgan fingerprint density at radius 3 is 2.96 bits per heavy atom. The first-order chi connectivity index (χ1) is 11.0. The van der Waals surface area contributed by atoms with Gasteiger partial charge in [-0.25, -0.2) is 14.4 Å². The van der Waals surface area contributed by atoms with Crippen LogP contribution in [0.5, 0.6) is 5.88 Å². The van der Waals surface area contributed by atoms with Crippen LogP contribution in [0.4, 0.5) is 10.1 Å². The maximum Gasteiger partial charge on any atom is 0.262 e. The molecule has 0 saturated carbocycles. The van der Waals surface area contributed by atoms with Crippen molar-refractivity contribution in [2.45, 2.75) is 13.8 Å². The molecule has 0 aliphatic rings. The Morgan fingerprint density at radius 1 is 1.35 bits per heavy atom. The summed E-state index contributed by atoms with van der Waals surface area (Å²) in [6.07, 6.45) is 1.31. The first-order valence-corrected chi connectivity index (χ1v) is 6.93. The van der Waals surface area contributed by atoms with Crippen LogP contribution in [0.1, 0.15) is 11.3 Å². The van der Waals surface area contributed by atoms with E-state index in [1.807, 2.05) is 13.8 Å². The molecule has 1 aromatic carbocycles. The van der Waals surface area contributed by atoms with Crippen molar-refractivity contribution in [1.29, 1.82) is 0 Å². The summed E-state index contributed by atoms with van der Waals surface area (Å²) < 4.78 is 24.0. The zero-order valence-electron chi connectivity index (χ0n) is 12.6. The minimum Gasteiger partial charge on any atom is -0.467 e. The fourth-order valence-corrected chi connectivity index (χ4v) is 2.16. The smallest absolute Gasteiger partial charge is 0.262 e. The molecule has 0 atom stereocenters. The highest BCUT2D eigenvalue weighted by Gasteiger charge is 2.15. The van der Waals surface area contributed by atoms with E-state index in [0.717, 1.165) is 11.3 Å². The fraction of sp³-hybridized carbons (Fsp3) is 0.188. The second-order valence-electron chi connectivity index (χ2n) is 4.99. The Hall–Kier alpha value is -2.96. The monoisotopic (exact) mass is 315 g/mol. The predicted molar refractivity (Wildman–Crippen MR) is 81.8 cm³/mol. The molecule has 0 unspecified atom stereocenters. The van der Waals surface area contributed by atoms with Crippen LogP contribution in [0.3, 0.4) is 0 Å². The number of halogens is 1. The van der Waals surface area contributed by atoms with Crippen molar-refractivity contribution in [3.05, 3.63) is 47.7 Å². The third kappa shape index (κ3) is 3.13. The van der Waals surface area contributed by atoms with Crippen molar-refractivity contribution < 1.29 is 18.3 Å². The lowest BCUT2D eigenvalue weighted by molar-refractivity contribution is -0.118. The molecule has 3 rings (SSSR count). The van der Waals surface area contributed by atoms with Crippen molar-refractivity contribution in [3.63, 3.8) is 0 Å². The molecule has 0 aliphatic heterocycles. The van der Waals surface area contributed by atoms with E-state index in [9.17, 15) is 9.18 Å². The Bertz CT molecular complexity index is 876. The Kier molecular flexibility index (Phi) is 3.92. The summed E-state index contributed by atoms with van der Waals surface area (Å²) in [7, 11) is 0. The highest BCUT2D eigenvalue weighted by Crippen LogP contribution is 2.29. The molecule has 1 N–H and O–H groups in total. The fourth-order valence-electron chi connectivity index (χ4n) is 2.16. The second kappa shape index (κ2) is 6.04. The summed E-state index contributed by atoms with van der Waals surface area (Å²) in [5, 5.41) is 3.19. The second-order valence-corrected chi connectivity index (χ2v) is 4.99. The van der Waals surface area contributed by atoms with Crippen LogP contribution in [-0.2, 0) is 4.79 Å². The van der Waals surface area contributed by atoms with Gasteiger partial charge in [-0.2, -0.15) is 0 Å². The summed E-state index contributed by atoms with van der Waals surface area (Å²) >= 11 is 0. The van der Waals surface area contributed by atoms with E-state index < -0.39 is 11.7 Å². The van der Waals surface area contributed by atoms with Gasteiger partial charge in [0.15, 0.2) is 6.61 Å². The van der Waals surface area contributed by atoms with Crippen LogP contribution < -0.4 is 10.1 Å². The number of carbonyl (C=O) groups is 1. The largest absolute Gasteiger partial charge is 0.467 e. The third-order valence-electron chi connectivity index (χ3n) is 3.38. The molecule has 1 amide bonds. The normalized spacial score (nSPS) is 10.7. The molecule has 0 fully saturated rings. The predicted octanol–water partition coefficient (Wildman–Crippen LogP) is 3.00. The quantitative estimate of drug-likeness (QED) is 0.801. The average Bonchev–Trinajstić information content (AvgIpc) is 2.81. The zero-order chi connectivity index (χ0) is 16.4. The van der Waals surface area contributed by atoms with Crippen LogP contribution in [0.25, 0.3) is 11.1 Å². The van der Waals surface area contributed by atoms with Gasteiger partial charge in [0.2, 0.25) is 11.6 Å². The number of nitrogens with one attached hydrogen (secondary N) is 1. The van der Waals surface area contributed by atoms with E-state index in [1.165, 1.54) is 24.5 Å². The number of carbonyl (C=O) groups excluding carboxylic acids is 1. The van der Waals surface area contributed by atoms with Crippen molar-refractivity contribution >= 4 is 22.7 Å². The van der Waals surface area contributed by atoms with E-state index in [-0.39, 0.29) is 12.5 Å². The molecular weight excluding hydrogens is 301 g/mol. The molecule has 6 nitrogen and oxygen atoms in total. The number of nitrogens with zero attached hydrogens (tertiary/aromatic N) is 2. The molecular formula is C16H14FN3O3. The van der Waals surface area contributed by atoms with E-state index in [2.05, 4.69) is 15.3 Å². The van der Waals surface area contributed by atoms with Crippen molar-refractivity contribution in [3.8, 4) is 5.88 Å². The number of rotatable bonds is 4. The molecule has 0 aliphatic carbocycles. The Morgan fingerprint density at radius 2 is 2.17 bits per heavy atom. The van der Waals surface area contributed by atoms with E-state index >= 15 is 0 Å². The van der Waals surface area contributed by atoms with Crippen LogP contribution >= 0.6 is 0 Å². The van der Waals surface area contributed by atoms with Gasteiger partial charge in [-0.15, -0.1) is 0 Å². The number of hydrogen-bond donors (Lipinski definition) is 1. The highest BCUT2D eigenvalue weighted by atomic mass is 19.1. The van der Waals surface area contributed by atoms with Gasteiger partial charge in [0.25, 0.3) is 5.91 Å². The van der Waals surface area contributed by atoms with Crippen molar-refractivity contribution in [2.75, 3.05) is 11.9 Å². The molecule has 2 aromatic heterocycles. The van der Waals surface area contributed by atoms with Crippen molar-refractivity contribution in [2.24, 2.45) is 0 Å². The van der Waals surface area contributed by atoms with Gasteiger partial charge in [-0.05, 0) is 32.0 Å². The van der Waals surface area contributed by atoms with Gasteiger partial charge in [0, 0.05) is 11.3 Å². The lowest BCUT2D eigenvalue weighted by atomic mass is 10.2. The van der Waals surface area contributed by atoms with Crippen LogP contribution in [0, 0.1) is 19.7 Å². The summed E-state index contributed by atoms with van der Waals surface area (Å²) in [6.45, 7) is 3.42. The Labute approximate surface area is 131 Å². The average molecular weight is 315 g/mol. The molecule has 0 saturated heterocycles. The summed E-state index contributed by atoms with van der Waals surface area (Å²) in [5.74, 6) is 0.152.